The summed E-state index contributed by atoms with van der Waals surface area (Å²) in [6, 6.07) is 13.8. The fourth-order valence-electron chi connectivity index (χ4n) is 2.40. The van der Waals surface area contributed by atoms with Crippen LogP contribution in [0.25, 0.3) is 0 Å². The molecule has 0 unspecified atom stereocenters. The highest BCUT2D eigenvalue weighted by Crippen LogP contribution is 2.21. The van der Waals surface area contributed by atoms with Gasteiger partial charge in [0, 0.05) is 23.4 Å². The van der Waals surface area contributed by atoms with Crippen molar-refractivity contribution >= 4 is 39.3 Å². The summed E-state index contributed by atoms with van der Waals surface area (Å²) in [5.41, 5.74) is 0.364. The Morgan fingerprint density at radius 2 is 1.48 bits per heavy atom. The van der Waals surface area contributed by atoms with Gasteiger partial charge in [-0.25, -0.2) is 4.90 Å². The molecule has 0 radical (unpaired) electrons. The smallest absolute Gasteiger partial charge is 0.274 e. The Bertz CT molecular complexity index is 938. The van der Waals surface area contributed by atoms with Gasteiger partial charge in [-0.2, -0.15) is 8.42 Å². The minimum Gasteiger partial charge on any atom is -0.274 e. The van der Waals surface area contributed by atoms with Crippen molar-refractivity contribution in [2.24, 2.45) is 4.40 Å². The lowest BCUT2D eigenvalue weighted by molar-refractivity contribution is -0.133. The Morgan fingerprint density at radius 3 is 2.04 bits per heavy atom. The van der Waals surface area contributed by atoms with E-state index >= 15 is 0 Å². The number of benzene rings is 2. The van der Waals surface area contributed by atoms with Gasteiger partial charge in [0.2, 0.25) is 11.8 Å². The van der Waals surface area contributed by atoms with Crippen molar-refractivity contribution in [3.05, 3.63) is 65.2 Å². The van der Waals surface area contributed by atoms with Crippen LogP contribution in [0.1, 0.15) is 18.4 Å². The van der Waals surface area contributed by atoms with Gasteiger partial charge >= 0.3 is 0 Å². The van der Waals surface area contributed by atoms with Gasteiger partial charge in [-0.1, -0.05) is 41.9 Å². The summed E-state index contributed by atoms with van der Waals surface area (Å²) in [4.78, 5) is 24.9. The Hall–Kier alpha value is -2.51. The van der Waals surface area contributed by atoms with Gasteiger partial charge in [0.1, 0.15) is 0 Å². The SMILES string of the molecule is O=C1CCC(=O)N1/C(=N/S(=O)(=O)c1ccc(Cl)cc1)c1ccccc1. The molecule has 0 aliphatic carbocycles. The Kier molecular flexibility index (Phi) is 4.69. The van der Waals surface area contributed by atoms with Crippen molar-refractivity contribution < 1.29 is 18.0 Å². The van der Waals surface area contributed by atoms with E-state index in [2.05, 4.69) is 4.40 Å². The van der Waals surface area contributed by atoms with Gasteiger partial charge in [0.05, 0.1) is 4.90 Å². The first-order chi connectivity index (χ1) is 11.9. The van der Waals surface area contributed by atoms with E-state index in [0.717, 1.165) is 4.90 Å². The zero-order valence-electron chi connectivity index (χ0n) is 12.9. The molecule has 2 aromatic carbocycles. The average molecular weight is 377 g/mol. The number of rotatable bonds is 3. The molecular weight excluding hydrogens is 364 g/mol. The quantitative estimate of drug-likeness (QED) is 0.468. The number of carbonyl (C=O) groups is 2. The van der Waals surface area contributed by atoms with E-state index in [-0.39, 0.29) is 23.6 Å². The fraction of sp³-hybridized carbons (Fsp3) is 0.118. The molecule has 0 atom stereocenters. The highest BCUT2D eigenvalue weighted by molar-refractivity contribution is 7.90. The van der Waals surface area contributed by atoms with Gasteiger partial charge in [-0.3, -0.25) is 9.59 Å². The third-order valence-corrected chi connectivity index (χ3v) is 5.15. The lowest BCUT2D eigenvalue weighted by atomic mass is 10.2. The summed E-state index contributed by atoms with van der Waals surface area (Å²) >= 11 is 5.78. The fourth-order valence-corrected chi connectivity index (χ4v) is 3.52. The Labute approximate surface area is 149 Å². The standard InChI is InChI=1S/C17H13ClN2O4S/c18-13-6-8-14(9-7-13)25(23,24)19-17(12-4-2-1-3-5-12)20-15(21)10-11-16(20)22/h1-9H,10-11H2/b19-17+. The maximum absolute atomic E-state index is 12.6. The molecule has 0 spiro atoms. The summed E-state index contributed by atoms with van der Waals surface area (Å²) in [5.74, 6) is -1.14. The summed E-state index contributed by atoms with van der Waals surface area (Å²) in [6.45, 7) is 0. The molecule has 0 N–H and O–H groups in total. The van der Waals surface area contributed by atoms with E-state index in [9.17, 15) is 18.0 Å². The van der Waals surface area contributed by atoms with Crippen LogP contribution in [0.2, 0.25) is 5.02 Å². The van der Waals surface area contributed by atoms with Crippen molar-refractivity contribution in [1.82, 2.24) is 4.90 Å². The first kappa shape index (κ1) is 17.3. The number of likely N-dealkylation sites (tertiary alicyclic amines) is 1. The molecule has 128 valence electrons. The van der Waals surface area contributed by atoms with Gasteiger partial charge in [0.25, 0.3) is 10.0 Å². The number of sulfonamides is 1. The second kappa shape index (κ2) is 6.78. The van der Waals surface area contributed by atoms with E-state index in [0.29, 0.717) is 10.6 Å². The molecule has 8 heteroatoms. The largest absolute Gasteiger partial charge is 0.284 e. The molecule has 1 aliphatic rings. The van der Waals surface area contributed by atoms with E-state index in [1.165, 1.54) is 24.3 Å². The Balaban J connectivity index is 2.14. The topological polar surface area (TPSA) is 83.9 Å². The lowest BCUT2D eigenvalue weighted by Crippen LogP contribution is -2.36. The molecule has 1 fully saturated rings. The first-order valence-corrected chi connectivity index (χ1v) is 9.22. The predicted octanol–water partition coefficient (Wildman–Crippen LogP) is 2.62. The summed E-state index contributed by atoms with van der Waals surface area (Å²) < 4.78 is 29.0. The number of hydrogen-bond donors (Lipinski definition) is 0. The first-order valence-electron chi connectivity index (χ1n) is 7.40. The molecule has 1 heterocycles. The molecule has 25 heavy (non-hydrogen) atoms. The number of hydrogen-bond acceptors (Lipinski definition) is 4. The summed E-state index contributed by atoms with van der Waals surface area (Å²) in [6.07, 6.45) is 0.0668. The number of halogens is 1. The zero-order chi connectivity index (χ0) is 18.0. The molecule has 0 bridgehead atoms. The second-order valence-corrected chi connectivity index (χ2v) is 7.37. The van der Waals surface area contributed by atoms with Crippen molar-refractivity contribution in [3.63, 3.8) is 0 Å². The minimum atomic E-state index is -4.13. The maximum atomic E-state index is 12.6. The van der Waals surface area contributed by atoms with Crippen molar-refractivity contribution in [1.29, 1.82) is 0 Å². The molecule has 2 aromatic rings. The molecule has 2 amide bonds. The highest BCUT2D eigenvalue weighted by atomic mass is 35.5. The van der Waals surface area contributed by atoms with Crippen LogP contribution in [0.15, 0.2) is 63.9 Å². The number of imide groups is 1. The zero-order valence-corrected chi connectivity index (χ0v) is 14.5. The van der Waals surface area contributed by atoms with E-state index in [1.807, 2.05) is 0 Å². The molecule has 3 rings (SSSR count). The highest BCUT2D eigenvalue weighted by Gasteiger charge is 2.34. The third kappa shape index (κ3) is 3.62. The minimum absolute atomic E-state index is 0.0334. The summed E-state index contributed by atoms with van der Waals surface area (Å²) in [7, 11) is -4.13. The van der Waals surface area contributed by atoms with Crippen molar-refractivity contribution in [2.45, 2.75) is 17.7 Å². The van der Waals surface area contributed by atoms with Gasteiger partial charge < -0.3 is 0 Å². The average Bonchev–Trinajstić information content (AvgIpc) is 2.93. The molecular formula is C17H13ClN2O4S. The second-order valence-electron chi connectivity index (χ2n) is 5.33. The monoisotopic (exact) mass is 376 g/mol. The lowest BCUT2D eigenvalue weighted by Gasteiger charge is -2.16. The molecule has 0 aromatic heterocycles. The number of carbonyl (C=O) groups excluding carboxylic acids is 2. The Morgan fingerprint density at radius 1 is 0.920 bits per heavy atom. The van der Waals surface area contributed by atoms with E-state index in [1.54, 1.807) is 30.3 Å². The third-order valence-electron chi connectivity index (χ3n) is 3.61. The van der Waals surface area contributed by atoms with Crippen LogP contribution in [-0.2, 0) is 19.6 Å². The van der Waals surface area contributed by atoms with Crippen LogP contribution in [0.3, 0.4) is 0 Å². The summed E-state index contributed by atoms with van der Waals surface area (Å²) in [5, 5.41) is 0.385. The normalized spacial score (nSPS) is 15.7. The molecule has 6 nitrogen and oxygen atoms in total. The van der Waals surface area contributed by atoms with Gasteiger partial charge in [0.15, 0.2) is 5.84 Å². The number of amidine groups is 1. The maximum Gasteiger partial charge on any atom is 0.284 e. The molecule has 1 saturated heterocycles. The van der Waals surface area contributed by atoms with Gasteiger partial charge in [-0.15, -0.1) is 4.40 Å². The van der Waals surface area contributed by atoms with E-state index < -0.39 is 21.8 Å². The molecule has 1 aliphatic heterocycles. The molecule has 0 saturated carbocycles. The number of nitrogens with zero attached hydrogens (tertiary/aromatic N) is 2. The number of amides is 2. The van der Waals surface area contributed by atoms with Crippen LogP contribution < -0.4 is 0 Å². The van der Waals surface area contributed by atoms with Crippen LogP contribution in [0.4, 0.5) is 0 Å². The van der Waals surface area contributed by atoms with Crippen LogP contribution >= 0.6 is 11.6 Å². The van der Waals surface area contributed by atoms with Crippen LogP contribution in [0, 0.1) is 0 Å². The van der Waals surface area contributed by atoms with E-state index in [4.69, 9.17) is 11.6 Å². The predicted molar refractivity (Wildman–Crippen MR) is 92.7 cm³/mol. The van der Waals surface area contributed by atoms with Crippen LogP contribution in [-0.4, -0.2) is 31.0 Å². The van der Waals surface area contributed by atoms with Gasteiger partial charge in [-0.05, 0) is 24.3 Å². The van der Waals surface area contributed by atoms with Crippen molar-refractivity contribution in [3.8, 4) is 0 Å². The van der Waals surface area contributed by atoms with Crippen LogP contribution in [0.5, 0.6) is 0 Å². The van der Waals surface area contributed by atoms with Crippen molar-refractivity contribution in [2.75, 3.05) is 0 Å².